The summed E-state index contributed by atoms with van der Waals surface area (Å²) >= 11 is 0. The number of hydrogen-bond donors (Lipinski definition) is 1. The SMILES string of the molecule is CCCNc1nc(C2CC2)nc(-n2cccn2)c1C. The van der Waals surface area contributed by atoms with Crippen molar-refractivity contribution in [1.82, 2.24) is 19.7 Å². The Morgan fingerprint density at radius 3 is 2.84 bits per heavy atom. The lowest BCUT2D eigenvalue weighted by Gasteiger charge is -2.13. The van der Waals surface area contributed by atoms with Crippen LogP contribution in [0.15, 0.2) is 18.5 Å². The highest BCUT2D eigenvalue weighted by Gasteiger charge is 2.28. The Morgan fingerprint density at radius 2 is 2.21 bits per heavy atom. The number of aromatic nitrogens is 4. The zero-order chi connectivity index (χ0) is 13.2. The highest BCUT2D eigenvalue weighted by atomic mass is 15.3. The fourth-order valence-electron chi connectivity index (χ4n) is 2.08. The summed E-state index contributed by atoms with van der Waals surface area (Å²) in [4.78, 5) is 9.37. The molecule has 1 aliphatic carbocycles. The van der Waals surface area contributed by atoms with E-state index in [1.165, 1.54) is 12.8 Å². The maximum atomic E-state index is 4.69. The summed E-state index contributed by atoms with van der Waals surface area (Å²) in [7, 11) is 0. The number of nitrogens with one attached hydrogen (secondary N) is 1. The van der Waals surface area contributed by atoms with Crippen molar-refractivity contribution in [2.24, 2.45) is 0 Å². The lowest BCUT2D eigenvalue weighted by molar-refractivity contribution is 0.798. The Balaban J connectivity index is 2.03. The Hall–Kier alpha value is -1.91. The van der Waals surface area contributed by atoms with Gasteiger partial charge in [0, 0.05) is 30.4 Å². The van der Waals surface area contributed by atoms with Crippen LogP contribution in [0.1, 0.15) is 43.5 Å². The van der Waals surface area contributed by atoms with E-state index >= 15 is 0 Å². The van der Waals surface area contributed by atoms with Crippen LogP contribution in [0, 0.1) is 6.92 Å². The molecule has 0 spiro atoms. The maximum absolute atomic E-state index is 4.69. The molecule has 1 fully saturated rings. The largest absolute Gasteiger partial charge is 0.370 e. The zero-order valence-electron chi connectivity index (χ0n) is 11.4. The Kier molecular flexibility index (Phi) is 3.19. The topological polar surface area (TPSA) is 55.6 Å². The molecule has 0 atom stereocenters. The second-order valence-electron chi connectivity index (χ2n) is 5.03. The molecule has 5 heteroatoms. The van der Waals surface area contributed by atoms with Crippen molar-refractivity contribution in [2.45, 2.75) is 39.0 Å². The average molecular weight is 257 g/mol. The number of nitrogens with zero attached hydrogens (tertiary/aromatic N) is 4. The Bertz CT molecular complexity index is 557. The molecular weight excluding hydrogens is 238 g/mol. The minimum absolute atomic E-state index is 0.539. The average Bonchev–Trinajstić information content (AvgIpc) is 3.13. The van der Waals surface area contributed by atoms with E-state index in [0.29, 0.717) is 5.92 Å². The first-order valence-electron chi connectivity index (χ1n) is 6.92. The summed E-state index contributed by atoms with van der Waals surface area (Å²) in [5.74, 6) is 3.33. The lowest BCUT2D eigenvalue weighted by Crippen LogP contribution is -2.11. The Labute approximate surface area is 113 Å². The van der Waals surface area contributed by atoms with Gasteiger partial charge in [-0.15, -0.1) is 0 Å². The summed E-state index contributed by atoms with van der Waals surface area (Å²) in [6.45, 7) is 5.13. The molecule has 5 nitrogen and oxygen atoms in total. The maximum Gasteiger partial charge on any atom is 0.162 e. The van der Waals surface area contributed by atoms with Crippen LogP contribution in [0.25, 0.3) is 5.82 Å². The van der Waals surface area contributed by atoms with E-state index in [4.69, 9.17) is 4.98 Å². The summed E-state index contributed by atoms with van der Waals surface area (Å²) < 4.78 is 1.82. The van der Waals surface area contributed by atoms with Crippen LogP contribution >= 0.6 is 0 Å². The van der Waals surface area contributed by atoms with E-state index in [2.05, 4.69) is 22.3 Å². The minimum Gasteiger partial charge on any atom is -0.370 e. The molecule has 2 aromatic rings. The van der Waals surface area contributed by atoms with Gasteiger partial charge < -0.3 is 5.32 Å². The second kappa shape index (κ2) is 4.99. The van der Waals surface area contributed by atoms with Crippen LogP contribution in [-0.4, -0.2) is 26.3 Å². The zero-order valence-corrected chi connectivity index (χ0v) is 11.4. The van der Waals surface area contributed by atoms with Gasteiger partial charge in [0.15, 0.2) is 5.82 Å². The predicted molar refractivity (Wildman–Crippen MR) is 74.6 cm³/mol. The third kappa shape index (κ3) is 2.45. The monoisotopic (exact) mass is 257 g/mol. The van der Waals surface area contributed by atoms with Crippen LogP contribution < -0.4 is 5.32 Å². The van der Waals surface area contributed by atoms with Gasteiger partial charge in [-0.25, -0.2) is 14.6 Å². The quantitative estimate of drug-likeness (QED) is 0.894. The third-order valence-corrected chi connectivity index (χ3v) is 3.34. The van der Waals surface area contributed by atoms with Gasteiger partial charge in [-0.3, -0.25) is 0 Å². The third-order valence-electron chi connectivity index (χ3n) is 3.34. The van der Waals surface area contributed by atoms with Crippen LogP contribution in [0.5, 0.6) is 0 Å². The molecule has 1 N–H and O–H groups in total. The van der Waals surface area contributed by atoms with Crippen molar-refractivity contribution in [1.29, 1.82) is 0 Å². The highest BCUT2D eigenvalue weighted by Crippen LogP contribution is 2.39. The molecule has 0 aromatic carbocycles. The molecule has 0 radical (unpaired) electrons. The fourth-order valence-corrected chi connectivity index (χ4v) is 2.08. The van der Waals surface area contributed by atoms with E-state index in [1.54, 1.807) is 6.20 Å². The number of anilines is 1. The molecule has 0 bridgehead atoms. The molecule has 100 valence electrons. The first-order valence-corrected chi connectivity index (χ1v) is 6.92. The van der Waals surface area contributed by atoms with Gasteiger partial charge in [0.2, 0.25) is 0 Å². The molecule has 1 saturated carbocycles. The highest BCUT2D eigenvalue weighted by molar-refractivity contribution is 5.51. The van der Waals surface area contributed by atoms with Crippen LogP contribution in [0.3, 0.4) is 0 Å². The summed E-state index contributed by atoms with van der Waals surface area (Å²) in [6, 6.07) is 1.91. The van der Waals surface area contributed by atoms with Crippen LogP contribution in [0.2, 0.25) is 0 Å². The molecule has 2 aromatic heterocycles. The van der Waals surface area contributed by atoms with Gasteiger partial charge in [-0.2, -0.15) is 5.10 Å². The van der Waals surface area contributed by atoms with E-state index in [9.17, 15) is 0 Å². The molecule has 0 unspecified atom stereocenters. The lowest BCUT2D eigenvalue weighted by atomic mass is 10.2. The van der Waals surface area contributed by atoms with Gasteiger partial charge in [0.25, 0.3) is 0 Å². The van der Waals surface area contributed by atoms with Gasteiger partial charge in [0.05, 0.1) is 0 Å². The van der Waals surface area contributed by atoms with Crippen molar-refractivity contribution in [3.8, 4) is 5.82 Å². The van der Waals surface area contributed by atoms with Crippen LogP contribution in [0.4, 0.5) is 5.82 Å². The molecular formula is C14H19N5. The summed E-state index contributed by atoms with van der Waals surface area (Å²) in [6.07, 6.45) is 7.19. The van der Waals surface area contributed by atoms with Crippen molar-refractivity contribution < 1.29 is 0 Å². The van der Waals surface area contributed by atoms with Crippen molar-refractivity contribution >= 4 is 5.82 Å². The molecule has 0 saturated heterocycles. The van der Waals surface area contributed by atoms with E-state index in [-0.39, 0.29) is 0 Å². The van der Waals surface area contributed by atoms with Gasteiger partial charge in [-0.05, 0) is 32.3 Å². The molecule has 3 rings (SSSR count). The van der Waals surface area contributed by atoms with E-state index in [0.717, 1.165) is 36.0 Å². The number of rotatable bonds is 5. The molecule has 0 aliphatic heterocycles. The normalized spacial score (nSPS) is 14.6. The Morgan fingerprint density at radius 1 is 1.37 bits per heavy atom. The van der Waals surface area contributed by atoms with Crippen LogP contribution in [-0.2, 0) is 0 Å². The smallest absolute Gasteiger partial charge is 0.162 e. The van der Waals surface area contributed by atoms with E-state index in [1.807, 2.05) is 23.9 Å². The summed E-state index contributed by atoms with van der Waals surface area (Å²) in [5, 5.41) is 7.68. The molecule has 19 heavy (non-hydrogen) atoms. The fraction of sp³-hybridized carbons (Fsp3) is 0.500. The van der Waals surface area contributed by atoms with Gasteiger partial charge >= 0.3 is 0 Å². The van der Waals surface area contributed by atoms with Crippen molar-refractivity contribution in [3.63, 3.8) is 0 Å². The predicted octanol–water partition coefficient (Wildman–Crippen LogP) is 2.67. The second-order valence-corrected chi connectivity index (χ2v) is 5.03. The first-order chi connectivity index (χ1) is 9.29. The molecule has 0 amide bonds. The standard InChI is InChI=1S/C14H19N5/c1-3-7-15-12-10(2)14(19-9-4-8-16-19)18-13(17-12)11-5-6-11/h4,8-9,11H,3,5-7H2,1-2H3,(H,15,17,18). The first kappa shape index (κ1) is 12.1. The molecule has 2 heterocycles. The number of hydrogen-bond acceptors (Lipinski definition) is 4. The van der Waals surface area contributed by atoms with Crippen molar-refractivity contribution in [2.75, 3.05) is 11.9 Å². The van der Waals surface area contributed by atoms with Gasteiger partial charge in [-0.1, -0.05) is 6.92 Å². The van der Waals surface area contributed by atoms with Gasteiger partial charge in [0.1, 0.15) is 11.6 Å². The minimum atomic E-state index is 0.539. The van der Waals surface area contributed by atoms with Crippen molar-refractivity contribution in [3.05, 3.63) is 29.8 Å². The molecule has 1 aliphatic rings. The van der Waals surface area contributed by atoms with E-state index < -0.39 is 0 Å². The summed E-state index contributed by atoms with van der Waals surface area (Å²) in [5.41, 5.74) is 1.06.